The van der Waals surface area contributed by atoms with Crippen LogP contribution in [0.3, 0.4) is 0 Å². The van der Waals surface area contributed by atoms with E-state index in [1.165, 1.54) is 0 Å². The highest BCUT2D eigenvalue weighted by molar-refractivity contribution is 5.80. The normalized spacial score (nSPS) is 12.9. The van der Waals surface area contributed by atoms with Gasteiger partial charge in [0.2, 0.25) is 0 Å². The van der Waals surface area contributed by atoms with Gasteiger partial charge in [0.1, 0.15) is 11.9 Å². The lowest BCUT2D eigenvalue weighted by Gasteiger charge is -2.22. The van der Waals surface area contributed by atoms with Crippen LogP contribution in [0.25, 0.3) is 0 Å². The average Bonchev–Trinajstić information content (AvgIpc) is 2.65. The van der Waals surface area contributed by atoms with Crippen LogP contribution in [-0.4, -0.2) is 15.5 Å². The van der Waals surface area contributed by atoms with E-state index >= 15 is 0 Å². The highest BCUT2D eigenvalue weighted by Crippen LogP contribution is 2.19. The third kappa shape index (κ3) is 2.36. The van der Waals surface area contributed by atoms with E-state index in [1.807, 2.05) is 31.5 Å². The van der Waals surface area contributed by atoms with Crippen LogP contribution in [0.2, 0.25) is 0 Å². The summed E-state index contributed by atoms with van der Waals surface area (Å²) in [5.74, 6) is 6.07. The third-order valence-electron chi connectivity index (χ3n) is 2.41. The van der Waals surface area contributed by atoms with Crippen molar-refractivity contribution >= 4 is 5.91 Å². The zero-order valence-corrected chi connectivity index (χ0v) is 9.40. The van der Waals surface area contributed by atoms with Crippen LogP contribution in [0.4, 0.5) is 0 Å². The van der Waals surface area contributed by atoms with Gasteiger partial charge < -0.3 is 4.57 Å². The topological polar surface area (TPSA) is 72.9 Å². The van der Waals surface area contributed by atoms with Crippen LogP contribution in [0.1, 0.15) is 32.6 Å². The summed E-state index contributed by atoms with van der Waals surface area (Å²) < 4.78 is 1.88. The molecule has 0 aliphatic heterocycles. The molecule has 0 saturated carbocycles. The predicted molar refractivity (Wildman–Crippen MR) is 57.8 cm³/mol. The molecule has 1 heterocycles. The number of carbonyl (C=O) groups is 1. The van der Waals surface area contributed by atoms with E-state index in [-0.39, 0.29) is 17.9 Å². The number of carbonyl (C=O) groups excluding carboxylic acids is 1. The van der Waals surface area contributed by atoms with E-state index in [4.69, 9.17) is 5.84 Å². The molecule has 84 valence electrons. The second kappa shape index (κ2) is 4.93. The number of hydrogen-bond donors (Lipinski definition) is 2. The average molecular weight is 210 g/mol. The first-order valence-corrected chi connectivity index (χ1v) is 5.14. The standard InChI is InChI=1S/C10H18N4O/c1-4-8-12-5-6-14(8)9(7(2)3)10(15)13-11/h5-7,9H,4,11H2,1-3H3,(H,13,15). The molecule has 0 aliphatic carbocycles. The van der Waals surface area contributed by atoms with Gasteiger partial charge in [0, 0.05) is 18.8 Å². The highest BCUT2D eigenvalue weighted by Gasteiger charge is 2.24. The Balaban J connectivity index is 3.04. The number of nitrogens with one attached hydrogen (secondary N) is 1. The lowest BCUT2D eigenvalue weighted by molar-refractivity contribution is -0.125. The van der Waals surface area contributed by atoms with E-state index in [0.29, 0.717) is 0 Å². The molecule has 0 fully saturated rings. The minimum atomic E-state index is -0.285. The first kappa shape index (κ1) is 11.7. The van der Waals surface area contributed by atoms with Crippen molar-refractivity contribution in [3.63, 3.8) is 0 Å². The second-order valence-electron chi connectivity index (χ2n) is 3.80. The van der Waals surface area contributed by atoms with Gasteiger partial charge in [-0.25, -0.2) is 10.8 Å². The number of hydrogen-bond acceptors (Lipinski definition) is 3. The van der Waals surface area contributed by atoms with E-state index in [0.717, 1.165) is 12.2 Å². The van der Waals surface area contributed by atoms with Gasteiger partial charge in [0.15, 0.2) is 0 Å². The van der Waals surface area contributed by atoms with Crippen LogP contribution < -0.4 is 11.3 Å². The van der Waals surface area contributed by atoms with Gasteiger partial charge in [-0.3, -0.25) is 10.2 Å². The fourth-order valence-corrected chi connectivity index (χ4v) is 1.71. The Morgan fingerprint density at radius 1 is 1.67 bits per heavy atom. The SMILES string of the molecule is CCc1nccn1C(C(=O)NN)C(C)C. The van der Waals surface area contributed by atoms with Gasteiger partial charge in [-0.05, 0) is 5.92 Å². The summed E-state index contributed by atoms with van der Waals surface area (Å²) >= 11 is 0. The minimum Gasteiger partial charge on any atom is -0.322 e. The van der Waals surface area contributed by atoms with Crippen molar-refractivity contribution < 1.29 is 4.79 Å². The predicted octanol–water partition coefficient (Wildman–Crippen LogP) is 0.632. The number of hydrazine groups is 1. The van der Waals surface area contributed by atoms with Gasteiger partial charge >= 0.3 is 0 Å². The molecular weight excluding hydrogens is 192 g/mol. The van der Waals surface area contributed by atoms with Crippen molar-refractivity contribution in [2.75, 3.05) is 0 Å². The molecule has 1 aromatic heterocycles. The van der Waals surface area contributed by atoms with Crippen molar-refractivity contribution in [1.29, 1.82) is 0 Å². The maximum atomic E-state index is 11.6. The third-order valence-corrected chi connectivity index (χ3v) is 2.41. The minimum absolute atomic E-state index is 0.174. The van der Waals surface area contributed by atoms with Crippen molar-refractivity contribution in [3.8, 4) is 0 Å². The van der Waals surface area contributed by atoms with Crippen molar-refractivity contribution in [2.24, 2.45) is 11.8 Å². The lowest BCUT2D eigenvalue weighted by atomic mass is 10.0. The molecular formula is C10H18N4O. The number of amides is 1. The van der Waals surface area contributed by atoms with Crippen LogP contribution in [0.5, 0.6) is 0 Å². The van der Waals surface area contributed by atoms with Crippen molar-refractivity contribution in [3.05, 3.63) is 18.2 Å². The first-order chi connectivity index (χ1) is 7.11. The zero-order chi connectivity index (χ0) is 11.4. The molecule has 1 aromatic rings. The summed E-state index contributed by atoms with van der Waals surface area (Å²) in [6.45, 7) is 5.98. The fraction of sp³-hybridized carbons (Fsp3) is 0.600. The summed E-state index contributed by atoms with van der Waals surface area (Å²) in [5, 5.41) is 0. The Bertz CT molecular complexity index is 332. The summed E-state index contributed by atoms with van der Waals surface area (Å²) in [6, 6.07) is -0.285. The molecule has 3 N–H and O–H groups in total. The second-order valence-corrected chi connectivity index (χ2v) is 3.80. The molecule has 1 amide bonds. The van der Waals surface area contributed by atoms with Gasteiger partial charge in [-0.1, -0.05) is 20.8 Å². The Hall–Kier alpha value is -1.36. The quantitative estimate of drug-likeness (QED) is 0.435. The molecule has 0 radical (unpaired) electrons. The van der Waals surface area contributed by atoms with Crippen LogP contribution in [0.15, 0.2) is 12.4 Å². The Kier molecular flexibility index (Phi) is 3.85. The Morgan fingerprint density at radius 2 is 2.33 bits per heavy atom. The monoisotopic (exact) mass is 210 g/mol. The number of nitrogens with two attached hydrogens (primary N) is 1. The molecule has 5 heteroatoms. The van der Waals surface area contributed by atoms with Gasteiger partial charge in [-0.2, -0.15) is 0 Å². The molecule has 1 atom stereocenters. The maximum absolute atomic E-state index is 11.6. The number of aryl methyl sites for hydroxylation is 1. The van der Waals surface area contributed by atoms with Crippen molar-refractivity contribution in [1.82, 2.24) is 15.0 Å². The maximum Gasteiger partial charge on any atom is 0.257 e. The smallest absolute Gasteiger partial charge is 0.257 e. The number of aromatic nitrogens is 2. The first-order valence-electron chi connectivity index (χ1n) is 5.14. The number of imidazole rings is 1. The molecule has 15 heavy (non-hydrogen) atoms. The lowest BCUT2D eigenvalue weighted by Crippen LogP contribution is -2.39. The molecule has 1 rings (SSSR count). The van der Waals surface area contributed by atoms with E-state index in [2.05, 4.69) is 10.4 Å². The Labute approximate surface area is 89.6 Å². The van der Waals surface area contributed by atoms with Gasteiger partial charge in [-0.15, -0.1) is 0 Å². The molecule has 0 saturated heterocycles. The fourth-order valence-electron chi connectivity index (χ4n) is 1.71. The number of rotatable bonds is 4. The molecule has 0 aromatic carbocycles. The highest BCUT2D eigenvalue weighted by atomic mass is 16.2. The van der Waals surface area contributed by atoms with E-state index in [1.54, 1.807) is 6.20 Å². The zero-order valence-electron chi connectivity index (χ0n) is 9.40. The van der Waals surface area contributed by atoms with Crippen LogP contribution in [0, 0.1) is 5.92 Å². The van der Waals surface area contributed by atoms with E-state index < -0.39 is 0 Å². The van der Waals surface area contributed by atoms with E-state index in [9.17, 15) is 4.79 Å². The summed E-state index contributed by atoms with van der Waals surface area (Å²) in [5.41, 5.74) is 2.20. The van der Waals surface area contributed by atoms with Gasteiger partial charge in [0.05, 0.1) is 0 Å². The largest absolute Gasteiger partial charge is 0.322 e. The molecule has 1 unspecified atom stereocenters. The van der Waals surface area contributed by atoms with Gasteiger partial charge in [0.25, 0.3) is 5.91 Å². The summed E-state index contributed by atoms with van der Waals surface area (Å²) in [6.07, 6.45) is 4.32. The number of nitrogens with zero attached hydrogens (tertiary/aromatic N) is 2. The molecule has 5 nitrogen and oxygen atoms in total. The molecule has 0 spiro atoms. The Morgan fingerprint density at radius 3 is 2.80 bits per heavy atom. The summed E-state index contributed by atoms with van der Waals surface area (Å²) in [7, 11) is 0. The molecule has 0 bridgehead atoms. The molecule has 0 aliphatic rings. The summed E-state index contributed by atoms with van der Waals surface area (Å²) in [4.78, 5) is 15.8. The van der Waals surface area contributed by atoms with Crippen LogP contribution >= 0.6 is 0 Å². The van der Waals surface area contributed by atoms with Crippen LogP contribution in [-0.2, 0) is 11.2 Å². The van der Waals surface area contributed by atoms with Crippen molar-refractivity contribution in [2.45, 2.75) is 33.2 Å².